The first-order valence-electron chi connectivity index (χ1n) is 5.41. The van der Waals surface area contributed by atoms with Crippen LogP contribution in [-0.2, 0) is 13.7 Å². The minimum absolute atomic E-state index is 0.338. The lowest BCUT2D eigenvalue weighted by molar-refractivity contribution is 0.301. The SMILES string of the molecule is Cn1cc(COc2ccc(C#CCCl)cc2)nn1. The molecule has 5 heteroatoms. The number of ether oxygens (including phenoxy) is 1. The highest BCUT2D eigenvalue weighted by Gasteiger charge is 1.99. The highest BCUT2D eigenvalue weighted by molar-refractivity contribution is 6.19. The molecule has 0 saturated heterocycles. The van der Waals surface area contributed by atoms with E-state index in [1.165, 1.54) is 0 Å². The Balaban J connectivity index is 1.94. The molecule has 0 saturated carbocycles. The van der Waals surface area contributed by atoms with Crippen LogP contribution < -0.4 is 4.74 Å². The molecule has 0 atom stereocenters. The summed E-state index contributed by atoms with van der Waals surface area (Å²) in [4.78, 5) is 0. The number of aromatic nitrogens is 3. The van der Waals surface area contributed by atoms with Gasteiger partial charge in [0.2, 0.25) is 0 Å². The molecular weight excluding hydrogens is 250 g/mol. The molecular formula is C13H12ClN3O. The van der Waals surface area contributed by atoms with E-state index in [4.69, 9.17) is 16.3 Å². The molecule has 4 nitrogen and oxygen atoms in total. The molecule has 0 aliphatic carbocycles. The van der Waals surface area contributed by atoms with Gasteiger partial charge in [0, 0.05) is 12.6 Å². The second-order valence-electron chi connectivity index (χ2n) is 3.63. The first-order chi connectivity index (χ1) is 8.78. The topological polar surface area (TPSA) is 39.9 Å². The van der Waals surface area contributed by atoms with Crippen molar-refractivity contribution in [3.8, 4) is 17.6 Å². The van der Waals surface area contributed by atoms with E-state index in [2.05, 4.69) is 22.2 Å². The van der Waals surface area contributed by atoms with Crippen LogP contribution in [-0.4, -0.2) is 20.9 Å². The van der Waals surface area contributed by atoms with Crippen molar-refractivity contribution in [1.82, 2.24) is 15.0 Å². The average Bonchev–Trinajstić information content (AvgIpc) is 2.81. The molecule has 92 valence electrons. The highest BCUT2D eigenvalue weighted by Crippen LogP contribution is 2.13. The number of nitrogens with zero attached hydrogens (tertiary/aromatic N) is 3. The van der Waals surface area contributed by atoms with E-state index >= 15 is 0 Å². The summed E-state index contributed by atoms with van der Waals surface area (Å²) in [5.74, 6) is 6.85. The molecule has 2 rings (SSSR count). The lowest BCUT2D eigenvalue weighted by Gasteiger charge is -2.03. The maximum Gasteiger partial charge on any atom is 0.134 e. The Labute approximate surface area is 111 Å². The van der Waals surface area contributed by atoms with Gasteiger partial charge >= 0.3 is 0 Å². The van der Waals surface area contributed by atoms with Gasteiger partial charge in [-0.25, -0.2) is 0 Å². The zero-order chi connectivity index (χ0) is 12.8. The Bertz CT molecular complexity index is 566. The number of benzene rings is 1. The monoisotopic (exact) mass is 261 g/mol. The van der Waals surface area contributed by atoms with Crippen molar-refractivity contribution in [2.45, 2.75) is 6.61 Å². The summed E-state index contributed by atoms with van der Waals surface area (Å²) in [5, 5.41) is 7.77. The smallest absolute Gasteiger partial charge is 0.134 e. The van der Waals surface area contributed by atoms with Crippen LogP contribution in [0.25, 0.3) is 0 Å². The third-order valence-corrected chi connectivity index (χ3v) is 2.32. The van der Waals surface area contributed by atoms with E-state index in [0.717, 1.165) is 17.0 Å². The van der Waals surface area contributed by atoms with E-state index in [1.54, 1.807) is 4.68 Å². The lowest BCUT2D eigenvalue weighted by Crippen LogP contribution is -1.95. The number of hydrogen-bond donors (Lipinski definition) is 0. The van der Waals surface area contributed by atoms with Gasteiger partial charge in [-0.1, -0.05) is 17.1 Å². The van der Waals surface area contributed by atoms with E-state index in [9.17, 15) is 0 Å². The standard InChI is InChI=1S/C13H12ClN3O/c1-17-9-12(15-16-17)10-18-13-6-4-11(5-7-13)3-2-8-14/h4-7,9H,8,10H2,1H3. The summed E-state index contributed by atoms with van der Waals surface area (Å²) in [6.07, 6.45) is 1.82. The van der Waals surface area contributed by atoms with Gasteiger partial charge in [-0.15, -0.1) is 16.7 Å². The summed E-state index contributed by atoms with van der Waals surface area (Å²) in [5.41, 5.74) is 1.71. The van der Waals surface area contributed by atoms with Gasteiger partial charge in [-0.05, 0) is 24.3 Å². The van der Waals surface area contributed by atoms with Crippen LogP contribution in [0.2, 0.25) is 0 Å². The van der Waals surface area contributed by atoms with Gasteiger partial charge in [0.25, 0.3) is 0 Å². The van der Waals surface area contributed by atoms with Crippen molar-refractivity contribution in [1.29, 1.82) is 0 Å². The Morgan fingerprint density at radius 2 is 2.11 bits per heavy atom. The summed E-state index contributed by atoms with van der Waals surface area (Å²) in [7, 11) is 1.82. The zero-order valence-corrected chi connectivity index (χ0v) is 10.7. The third-order valence-electron chi connectivity index (χ3n) is 2.19. The summed E-state index contributed by atoms with van der Waals surface area (Å²) < 4.78 is 7.22. The minimum Gasteiger partial charge on any atom is -0.487 e. The third kappa shape index (κ3) is 3.51. The molecule has 0 spiro atoms. The maximum absolute atomic E-state index is 5.57. The van der Waals surface area contributed by atoms with Gasteiger partial charge in [0.15, 0.2) is 0 Å². The number of alkyl halides is 1. The summed E-state index contributed by atoms with van der Waals surface area (Å²) >= 11 is 5.49. The fraction of sp³-hybridized carbons (Fsp3) is 0.231. The number of hydrogen-bond acceptors (Lipinski definition) is 3. The fourth-order valence-electron chi connectivity index (χ4n) is 1.39. The minimum atomic E-state index is 0.338. The van der Waals surface area contributed by atoms with E-state index in [0.29, 0.717) is 12.5 Å². The van der Waals surface area contributed by atoms with Crippen molar-refractivity contribution in [3.05, 3.63) is 41.7 Å². The highest BCUT2D eigenvalue weighted by atomic mass is 35.5. The molecule has 0 radical (unpaired) electrons. The van der Waals surface area contributed by atoms with E-state index in [1.807, 2.05) is 37.5 Å². The Morgan fingerprint density at radius 1 is 1.33 bits per heavy atom. The van der Waals surface area contributed by atoms with E-state index < -0.39 is 0 Å². The van der Waals surface area contributed by atoms with Gasteiger partial charge < -0.3 is 4.74 Å². The Kier molecular flexibility index (Phi) is 4.21. The van der Waals surface area contributed by atoms with Crippen molar-refractivity contribution < 1.29 is 4.74 Å². The molecule has 18 heavy (non-hydrogen) atoms. The molecule has 0 fully saturated rings. The lowest BCUT2D eigenvalue weighted by atomic mass is 10.2. The fourth-order valence-corrected chi connectivity index (χ4v) is 1.46. The number of halogens is 1. The number of aryl methyl sites for hydroxylation is 1. The van der Waals surface area contributed by atoms with Gasteiger partial charge in [0.05, 0.1) is 12.1 Å². The van der Waals surface area contributed by atoms with Crippen LogP contribution >= 0.6 is 11.6 Å². The quantitative estimate of drug-likeness (QED) is 0.627. The van der Waals surface area contributed by atoms with Gasteiger partial charge in [0.1, 0.15) is 18.1 Å². The summed E-state index contributed by atoms with van der Waals surface area (Å²) in [6, 6.07) is 7.53. The van der Waals surface area contributed by atoms with E-state index in [-0.39, 0.29) is 0 Å². The molecule has 0 amide bonds. The Hall–Kier alpha value is -1.99. The zero-order valence-electron chi connectivity index (χ0n) is 9.93. The Morgan fingerprint density at radius 3 is 2.72 bits per heavy atom. The average molecular weight is 262 g/mol. The largest absolute Gasteiger partial charge is 0.487 e. The second kappa shape index (κ2) is 6.08. The molecule has 0 aliphatic rings. The predicted octanol–water partition coefficient (Wildman–Crippen LogP) is 1.98. The first-order valence-corrected chi connectivity index (χ1v) is 5.94. The normalized spacial score (nSPS) is 9.67. The molecule has 0 unspecified atom stereocenters. The van der Waals surface area contributed by atoms with Gasteiger partial charge in [-0.3, -0.25) is 4.68 Å². The number of rotatable bonds is 3. The predicted molar refractivity (Wildman–Crippen MR) is 69.4 cm³/mol. The molecule has 0 N–H and O–H groups in total. The maximum atomic E-state index is 5.57. The molecule has 1 aromatic heterocycles. The van der Waals surface area contributed by atoms with Crippen LogP contribution in [0.4, 0.5) is 0 Å². The van der Waals surface area contributed by atoms with Crippen LogP contribution in [0.3, 0.4) is 0 Å². The van der Waals surface area contributed by atoms with Crippen molar-refractivity contribution in [3.63, 3.8) is 0 Å². The first kappa shape index (κ1) is 12.5. The molecule has 1 heterocycles. The molecule has 0 bridgehead atoms. The van der Waals surface area contributed by atoms with Crippen molar-refractivity contribution >= 4 is 11.6 Å². The van der Waals surface area contributed by atoms with Crippen LogP contribution in [0.15, 0.2) is 30.5 Å². The van der Waals surface area contributed by atoms with Crippen LogP contribution in [0.5, 0.6) is 5.75 Å². The van der Waals surface area contributed by atoms with Crippen LogP contribution in [0.1, 0.15) is 11.3 Å². The van der Waals surface area contributed by atoms with Gasteiger partial charge in [-0.2, -0.15) is 0 Å². The van der Waals surface area contributed by atoms with Crippen molar-refractivity contribution in [2.24, 2.45) is 7.05 Å². The van der Waals surface area contributed by atoms with Crippen LogP contribution in [0, 0.1) is 11.8 Å². The van der Waals surface area contributed by atoms with Crippen molar-refractivity contribution in [2.75, 3.05) is 5.88 Å². The molecule has 1 aromatic carbocycles. The summed E-state index contributed by atoms with van der Waals surface area (Å²) in [6.45, 7) is 0.403. The molecule has 0 aliphatic heterocycles. The molecule has 2 aromatic rings. The second-order valence-corrected chi connectivity index (χ2v) is 3.90.